The van der Waals surface area contributed by atoms with Gasteiger partial charge in [-0.2, -0.15) is 0 Å². The van der Waals surface area contributed by atoms with Gasteiger partial charge in [0.1, 0.15) is 0 Å². The Kier molecular flexibility index (Phi) is 3.79. The molecular weight excluding hydrogens is 247 g/mol. The van der Waals surface area contributed by atoms with Gasteiger partial charge >= 0.3 is 19.5 Å². The number of nitrogens with zero attached hydrogens (tertiary/aromatic N) is 1. The Balaban J connectivity index is 0.000000845. The smallest absolute Gasteiger partial charge is 0.305 e. The summed E-state index contributed by atoms with van der Waals surface area (Å²) in [5.74, 6) is 0. The molecule has 2 rings (SSSR count). The van der Waals surface area contributed by atoms with E-state index < -0.39 is 0 Å². The summed E-state index contributed by atoms with van der Waals surface area (Å²) in [5.41, 5.74) is 2.01. The Labute approximate surface area is 90.6 Å². The van der Waals surface area contributed by atoms with Crippen molar-refractivity contribution in [1.82, 2.24) is 4.98 Å². The number of pyridine rings is 1. The molecule has 1 aromatic heterocycles. The van der Waals surface area contributed by atoms with E-state index in [0.717, 1.165) is 11.3 Å². The molecule has 2 heteroatoms. The molecule has 2 aromatic rings. The van der Waals surface area contributed by atoms with Crippen molar-refractivity contribution in [1.29, 1.82) is 0 Å². The van der Waals surface area contributed by atoms with E-state index in [2.05, 4.69) is 11.1 Å². The molecule has 13 heavy (non-hydrogen) atoms. The van der Waals surface area contributed by atoms with Crippen molar-refractivity contribution in [2.45, 2.75) is 0 Å². The average Bonchev–Trinajstić information content (AvgIpc) is 2.21. The van der Waals surface area contributed by atoms with E-state index in [0.29, 0.717) is 0 Å². The molecule has 0 saturated carbocycles. The minimum Gasteiger partial charge on any atom is -0.305 e. The maximum Gasteiger partial charge on any atom is 1.00 e. The molecule has 0 unspecified atom stereocenters. The molecule has 0 aliphatic heterocycles. The zero-order chi connectivity index (χ0) is 8.23. The SMILES string of the molecule is [Ru+].[c-]1ccccc1-c1ccccn1. The fraction of sp³-hybridized carbons (Fsp3) is 0. The van der Waals surface area contributed by atoms with Gasteiger partial charge in [-0.25, -0.2) is 0 Å². The fourth-order valence-electron chi connectivity index (χ4n) is 1.07. The van der Waals surface area contributed by atoms with Crippen LogP contribution in [0.2, 0.25) is 0 Å². The topological polar surface area (TPSA) is 12.9 Å². The summed E-state index contributed by atoms with van der Waals surface area (Å²) < 4.78 is 0. The maximum absolute atomic E-state index is 4.22. The average molecular weight is 255 g/mol. The first-order valence-electron chi connectivity index (χ1n) is 3.85. The molecule has 0 spiro atoms. The summed E-state index contributed by atoms with van der Waals surface area (Å²) in [6, 6.07) is 16.8. The quantitative estimate of drug-likeness (QED) is 0.563. The summed E-state index contributed by atoms with van der Waals surface area (Å²) in [6.45, 7) is 0. The zero-order valence-electron chi connectivity index (χ0n) is 6.92. The van der Waals surface area contributed by atoms with Gasteiger partial charge in [-0.3, -0.25) is 0 Å². The minimum absolute atomic E-state index is 0. The van der Waals surface area contributed by atoms with E-state index in [4.69, 9.17) is 0 Å². The second kappa shape index (κ2) is 4.88. The second-order valence-electron chi connectivity index (χ2n) is 2.49. The predicted molar refractivity (Wildman–Crippen MR) is 48.5 cm³/mol. The molecule has 0 aliphatic rings. The van der Waals surface area contributed by atoms with Gasteiger partial charge < -0.3 is 4.98 Å². The van der Waals surface area contributed by atoms with Crippen LogP contribution >= 0.6 is 0 Å². The third-order valence-corrected chi connectivity index (χ3v) is 1.65. The zero-order valence-corrected chi connectivity index (χ0v) is 8.66. The third kappa shape index (κ3) is 2.46. The van der Waals surface area contributed by atoms with Crippen molar-refractivity contribution in [3.05, 3.63) is 54.7 Å². The van der Waals surface area contributed by atoms with Crippen LogP contribution in [0.4, 0.5) is 0 Å². The molecule has 0 saturated heterocycles. The molecule has 0 aliphatic carbocycles. The minimum atomic E-state index is 0. The van der Waals surface area contributed by atoms with Gasteiger partial charge in [-0.05, 0) is 11.8 Å². The van der Waals surface area contributed by atoms with Crippen molar-refractivity contribution in [2.75, 3.05) is 0 Å². The van der Waals surface area contributed by atoms with Gasteiger partial charge in [0.05, 0.1) is 0 Å². The number of hydrogen-bond donors (Lipinski definition) is 0. The summed E-state index contributed by atoms with van der Waals surface area (Å²) in [5, 5.41) is 0. The van der Waals surface area contributed by atoms with Gasteiger partial charge in [0.15, 0.2) is 0 Å². The molecule has 0 amide bonds. The van der Waals surface area contributed by atoms with Gasteiger partial charge in [-0.15, -0.1) is 35.9 Å². The van der Waals surface area contributed by atoms with Crippen LogP contribution < -0.4 is 0 Å². The summed E-state index contributed by atoms with van der Waals surface area (Å²) in [4.78, 5) is 4.22. The van der Waals surface area contributed by atoms with Crippen molar-refractivity contribution in [3.63, 3.8) is 0 Å². The van der Waals surface area contributed by atoms with E-state index in [1.54, 1.807) is 6.20 Å². The van der Waals surface area contributed by atoms with Crippen LogP contribution in [0.3, 0.4) is 0 Å². The standard InChI is InChI=1S/C11H8N.Ru/c1-2-6-10(7-3-1)11-8-4-5-9-12-11;/h1-6,8-9H;/q-1;+1. The Morgan fingerprint density at radius 2 is 1.85 bits per heavy atom. The van der Waals surface area contributed by atoms with Crippen LogP contribution in [0.5, 0.6) is 0 Å². The van der Waals surface area contributed by atoms with Crippen molar-refractivity contribution in [2.24, 2.45) is 0 Å². The Morgan fingerprint density at radius 1 is 1.00 bits per heavy atom. The number of rotatable bonds is 1. The second-order valence-corrected chi connectivity index (χ2v) is 2.49. The van der Waals surface area contributed by atoms with Crippen molar-refractivity contribution < 1.29 is 19.5 Å². The number of aromatic nitrogens is 1. The molecule has 1 aromatic carbocycles. The molecule has 0 bridgehead atoms. The Morgan fingerprint density at radius 3 is 2.46 bits per heavy atom. The van der Waals surface area contributed by atoms with E-state index in [1.165, 1.54) is 0 Å². The predicted octanol–water partition coefficient (Wildman–Crippen LogP) is 2.55. The first kappa shape index (κ1) is 10.1. The van der Waals surface area contributed by atoms with Crippen LogP contribution in [-0.2, 0) is 19.5 Å². The molecule has 65 valence electrons. The van der Waals surface area contributed by atoms with Gasteiger partial charge in [-0.1, -0.05) is 12.1 Å². The van der Waals surface area contributed by atoms with Crippen LogP contribution in [0.15, 0.2) is 48.7 Å². The summed E-state index contributed by atoms with van der Waals surface area (Å²) in [6.07, 6.45) is 1.79. The van der Waals surface area contributed by atoms with E-state index in [-0.39, 0.29) is 19.5 Å². The monoisotopic (exact) mass is 256 g/mol. The van der Waals surface area contributed by atoms with Crippen LogP contribution in [-0.4, -0.2) is 4.98 Å². The van der Waals surface area contributed by atoms with Crippen LogP contribution in [0, 0.1) is 6.07 Å². The van der Waals surface area contributed by atoms with Crippen molar-refractivity contribution in [3.8, 4) is 11.3 Å². The van der Waals surface area contributed by atoms with Crippen molar-refractivity contribution >= 4 is 0 Å². The maximum atomic E-state index is 4.22. The first-order chi connectivity index (χ1) is 5.97. The van der Waals surface area contributed by atoms with E-state index >= 15 is 0 Å². The first-order valence-corrected chi connectivity index (χ1v) is 3.85. The molecule has 1 nitrogen and oxygen atoms in total. The molecule has 0 atom stereocenters. The van der Waals surface area contributed by atoms with E-state index in [9.17, 15) is 0 Å². The van der Waals surface area contributed by atoms with Crippen LogP contribution in [0.1, 0.15) is 0 Å². The summed E-state index contributed by atoms with van der Waals surface area (Å²) in [7, 11) is 0. The summed E-state index contributed by atoms with van der Waals surface area (Å²) >= 11 is 0. The molecule has 1 radical (unpaired) electrons. The number of hydrogen-bond acceptors (Lipinski definition) is 1. The molecule has 0 N–H and O–H groups in total. The fourth-order valence-corrected chi connectivity index (χ4v) is 1.07. The van der Waals surface area contributed by atoms with Crippen LogP contribution in [0.25, 0.3) is 11.3 Å². The van der Waals surface area contributed by atoms with E-state index in [1.807, 2.05) is 42.5 Å². The molecular formula is C11H8NRu. The molecule has 1 heterocycles. The number of benzene rings is 1. The normalized spacial score (nSPS) is 8.92. The Hall–Kier alpha value is -1.01. The van der Waals surface area contributed by atoms with Gasteiger partial charge in [0.2, 0.25) is 0 Å². The Bertz CT molecular complexity index is 307. The largest absolute Gasteiger partial charge is 1.00 e. The third-order valence-electron chi connectivity index (χ3n) is 1.65. The molecule has 0 fully saturated rings. The van der Waals surface area contributed by atoms with Gasteiger partial charge in [0.25, 0.3) is 0 Å². The van der Waals surface area contributed by atoms with Gasteiger partial charge in [0, 0.05) is 6.20 Å².